The lowest BCUT2D eigenvalue weighted by atomic mass is 10.0. The molecule has 0 bridgehead atoms. The third-order valence-corrected chi connectivity index (χ3v) is 1.92. The van der Waals surface area contributed by atoms with Crippen LogP contribution in [0.3, 0.4) is 0 Å². The normalized spacial score (nSPS) is 10.3. The summed E-state index contributed by atoms with van der Waals surface area (Å²) >= 11 is 0. The molecule has 3 nitrogen and oxygen atoms in total. The summed E-state index contributed by atoms with van der Waals surface area (Å²) in [6.07, 6.45) is 3.05. The third kappa shape index (κ3) is 2.53. The van der Waals surface area contributed by atoms with Gasteiger partial charge < -0.3 is 4.74 Å². The van der Waals surface area contributed by atoms with Crippen molar-refractivity contribution in [3.8, 4) is 0 Å². The molecular formula is C12H12O3. The topological polar surface area (TPSA) is 43.4 Å². The fourth-order valence-electron chi connectivity index (χ4n) is 1.23. The molecule has 0 aromatic heterocycles. The number of carbonyl (C=O) groups is 2. The quantitative estimate of drug-likeness (QED) is 0.431. The molecule has 15 heavy (non-hydrogen) atoms. The van der Waals surface area contributed by atoms with Gasteiger partial charge in [0.25, 0.3) is 0 Å². The maximum absolute atomic E-state index is 11.6. The van der Waals surface area contributed by atoms with Gasteiger partial charge in [-0.1, -0.05) is 24.3 Å². The first-order chi connectivity index (χ1) is 7.20. The highest BCUT2D eigenvalue weighted by molar-refractivity contribution is 6.11. The second-order valence-electron chi connectivity index (χ2n) is 2.90. The standard InChI is InChI=1S/C12H12O3/c1-3-6-11(13)9-7-4-5-8-10(9)12(14)15-2/h3-8H,1-2H3. The van der Waals surface area contributed by atoms with E-state index in [-0.39, 0.29) is 5.78 Å². The van der Waals surface area contributed by atoms with Crippen molar-refractivity contribution < 1.29 is 14.3 Å². The van der Waals surface area contributed by atoms with Gasteiger partial charge in [-0.25, -0.2) is 4.79 Å². The Morgan fingerprint density at radius 2 is 1.80 bits per heavy atom. The van der Waals surface area contributed by atoms with Crippen LogP contribution in [0.5, 0.6) is 0 Å². The number of ether oxygens (including phenoxy) is 1. The van der Waals surface area contributed by atoms with Crippen LogP contribution in [-0.2, 0) is 4.74 Å². The zero-order chi connectivity index (χ0) is 11.3. The first kappa shape index (κ1) is 11.2. The SMILES string of the molecule is CC=CC(=O)c1ccccc1C(=O)OC. The van der Waals surface area contributed by atoms with Crippen LogP contribution in [0.2, 0.25) is 0 Å². The molecule has 0 amide bonds. The summed E-state index contributed by atoms with van der Waals surface area (Å²) in [5, 5.41) is 0. The first-order valence-electron chi connectivity index (χ1n) is 4.55. The van der Waals surface area contributed by atoms with Crippen molar-refractivity contribution >= 4 is 11.8 Å². The van der Waals surface area contributed by atoms with E-state index in [1.165, 1.54) is 13.2 Å². The highest BCUT2D eigenvalue weighted by Gasteiger charge is 2.14. The lowest BCUT2D eigenvalue weighted by Crippen LogP contribution is -2.08. The summed E-state index contributed by atoms with van der Waals surface area (Å²) < 4.78 is 4.59. The highest BCUT2D eigenvalue weighted by Crippen LogP contribution is 2.11. The molecule has 0 atom stereocenters. The zero-order valence-electron chi connectivity index (χ0n) is 8.69. The van der Waals surface area contributed by atoms with E-state index in [0.29, 0.717) is 11.1 Å². The molecule has 0 heterocycles. The van der Waals surface area contributed by atoms with E-state index in [1.807, 2.05) is 0 Å². The lowest BCUT2D eigenvalue weighted by molar-refractivity contribution is 0.0597. The van der Waals surface area contributed by atoms with Crippen LogP contribution in [0.1, 0.15) is 27.6 Å². The van der Waals surface area contributed by atoms with Crippen LogP contribution in [0.15, 0.2) is 36.4 Å². The summed E-state index contributed by atoms with van der Waals surface area (Å²) in [4.78, 5) is 22.9. The fraction of sp³-hybridized carbons (Fsp3) is 0.167. The van der Waals surface area contributed by atoms with E-state index in [1.54, 1.807) is 37.3 Å². The molecule has 0 aliphatic heterocycles. The summed E-state index contributed by atoms with van der Waals surface area (Å²) in [5.74, 6) is -0.693. The molecule has 0 radical (unpaired) electrons. The van der Waals surface area contributed by atoms with Gasteiger partial charge in [-0.2, -0.15) is 0 Å². The molecule has 0 aliphatic carbocycles. The number of benzene rings is 1. The highest BCUT2D eigenvalue weighted by atomic mass is 16.5. The van der Waals surface area contributed by atoms with Gasteiger partial charge >= 0.3 is 5.97 Å². The molecule has 1 aromatic rings. The van der Waals surface area contributed by atoms with Crippen LogP contribution >= 0.6 is 0 Å². The van der Waals surface area contributed by atoms with Crippen molar-refractivity contribution in [2.45, 2.75) is 6.92 Å². The molecule has 0 N–H and O–H groups in total. The Balaban J connectivity index is 3.17. The molecule has 3 heteroatoms. The van der Waals surface area contributed by atoms with Gasteiger partial charge in [0, 0.05) is 5.56 Å². The number of allylic oxidation sites excluding steroid dienone is 2. The molecule has 0 unspecified atom stereocenters. The number of methoxy groups -OCH3 is 1. The van der Waals surface area contributed by atoms with Crippen LogP contribution in [0, 0.1) is 0 Å². The number of hydrogen-bond acceptors (Lipinski definition) is 3. The Morgan fingerprint density at radius 3 is 2.33 bits per heavy atom. The average molecular weight is 204 g/mol. The van der Waals surface area contributed by atoms with Crippen molar-refractivity contribution in [2.75, 3.05) is 7.11 Å². The Bertz CT molecular complexity index is 405. The number of esters is 1. The monoisotopic (exact) mass is 204 g/mol. The number of carbonyl (C=O) groups excluding carboxylic acids is 2. The lowest BCUT2D eigenvalue weighted by Gasteiger charge is -2.03. The summed E-state index contributed by atoms with van der Waals surface area (Å²) in [5.41, 5.74) is 0.658. The van der Waals surface area contributed by atoms with Crippen molar-refractivity contribution in [1.29, 1.82) is 0 Å². The Morgan fingerprint density at radius 1 is 1.20 bits per heavy atom. The van der Waals surface area contributed by atoms with Crippen LogP contribution in [-0.4, -0.2) is 18.9 Å². The van der Waals surface area contributed by atoms with Crippen molar-refractivity contribution in [3.05, 3.63) is 47.5 Å². The largest absolute Gasteiger partial charge is 0.465 e. The zero-order valence-corrected chi connectivity index (χ0v) is 8.69. The van der Waals surface area contributed by atoms with Gasteiger partial charge in [0.05, 0.1) is 12.7 Å². The predicted octanol–water partition coefficient (Wildman–Crippen LogP) is 2.23. The van der Waals surface area contributed by atoms with E-state index in [4.69, 9.17) is 0 Å². The summed E-state index contributed by atoms with van der Waals surface area (Å²) in [6, 6.07) is 6.58. The van der Waals surface area contributed by atoms with Gasteiger partial charge in [-0.05, 0) is 19.1 Å². The summed E-state index contributed by atoms with van der Waals surface area (Å²) in [6.45, 7) is 1.75. The van der Waals surface area contributed by atoms with E-state index < -0.39 is 5.97 Å². The third-order valence-electron chi connectivity index (χ3n) is 1.92. The van der Waals surface area contributed by atoms with Crippen molar-refractivity contribution in [3.63, 3.8) is 0 Å². The molecule has 1 aromatic carbocycles. The van der Waals surface area contributed by atoms with E-state index in [9.17, 15) is 9.59 Å². The molecule has 0 fully saturated rings. The summed E-state index contributed by atoms with van der Waals surface area (Å²) in [7, 11) is 1.29. The Hall–Kier alpha value is -1.90. The maximum atomic E-state index is 11.6. The molecule has 78 valence electrons. The molecule has 0 aliphatic rings. The van der Waals surface area contributed by atoms with Gasteiger partial charge in [-0.15, -0.1) is 0 Å². The second-order valence-corrected chi connectivity index (χ2v) is 2.90. The van der Waals surface area contributed by atoms with Gasteiger partial charge in [0.15, 0.2) is 5.78 Å². The van der Waals surface area contributed by atoms with E-state index in [0.717, 1.165) is 0 Å². The molecule has 0 spiro atoms. The maximum Gasteiger partial charge on any atom is 0.338 e. The van der Waals surface area contributed by atoms with Gasteiger partial charge in [-0.3, -0.25) is 4.79 Å². The van der Waals surface area contributed by atoms with Crippen LogP contribution < -0.4 is 0 Å². The smallest absolute Gasteiger partial charge is 0.338 e. The number of rotatable bonds is 3. The molecular weight excluding hydrogens is 192 g/mol. The Labute approximate surface area is 88.4 Å². The second kappa shape index (κ2) is 5.10. The van der Waals surface area contributed by atoms with Gasteiger partial charge in [0.2, 0.25) is 0 Å². The Kier molecular flexibility index (Phi) is 3.80. The number of ketones is 1. The molecule has 1 rings (SSSR count). The van der Waals surface area contributed by atoms with E-state index in [2.05, 4.69) is 4.74 Å². The molecule has 0 saturated heterocycles. The molecule has 0 saturated carbocycles. The first-order valence-corrected chi connectivity index (χ1v) is 4.55. The van der Waals surface area contributed by atoms with E-state index >= 15 is 0 Å². The van der Waals surface area contributed by atoms with Crippen molar-refractivity contribution in [1.82, 2.24) is 0 Å². The van der Waals surface area contributed by atoms with Crippen LogP contribution in [0.4, 0.5) is 0 Å². The average Bonchev–Trinajstić information content (AvgIpc) is 2.28. The minimum absolute atomic E-state index is 0.196. The predicted molar refractivity (Wildman–Crippen MR) is 56.9 cm³/mol. The van der Waals surface area contributed by atoms with Crippen molar-refractivity contribution in [2.24, 2.45) is 0 Å². The fourth-order valence-corrected chi connectivity index (χ4v) is 1.23. The minimum Gasteiger partial charge on any atom is -0.465 e. The van der Waals surface area contributed by atoms with Crippen LogP contribution in [0.25, 0.3) is 0 Å². The number of hydrogen-bond donors (Lipinski definition) is 0. The van der Waals surface area contributed by atoms with Gasteiger partial charge in [0.1, 0.15) is 0 Å². The minimum atomic E-state index is -0.497.